The zero-order valence-corrected chi connectivity index (χ0v) is 11.2. The molecule has 0 fully saturated rings. The van der Waals surface area contributed by atoms with Gasteiger partial charge in [0.25, 0.3) is 0 Å². The Kier molecular flexibility index (Phi) is 5.79. The van der Waals surface area contributed by atoms with E-state index < -0.39 is 23.9 Å². The summed E-state index contributed by atoms with van der Waals surface area (Å²) in [5.41, 5.74) is 5.19. The van der Waals surface area contributed by atoms with Crippen molar-refractivity contribution in [3.8, 4) is 0 Å². The van der Waals surface area contributed by atoms with Gasteiger partial charge in [-0.15, -0.1) is 0 Å². The first-order chi connectivity index (χ1) is 9.41. The van der Waals surface area contributed by atoms with Gasteiger partial charge in [0.15, 0.2) is 6.04 Å². The molecule has 1 aromatic rings. The summed E-state index contributed by atoms with van der Waals surface area (Å²) in [4.78, 5) is 33.3. The Balaban J connectivity index is 2.69. The molecule has 7 nitrogen and oxygen atoms in total. The van der Waals surface area contributed by atoms with Gasteiger partial charge >= 0.3 is 12.0 Å². The maximum Gasteiger partial charge on any atom is 0.331 e. The molecule has 0 aliphatic rings. The van der Waals surface area contributed by atoms with Crippen LogP contribution < -0.4 is 16.4 Å². The number of rotatable bonds is 6. The van der Waals surface area contributed by atoms with Crippen molar-refractivity contribution in [1.82, 2.24) is 10.6 Å². The Morgan fingerprint density at radius 1 is 1.30 bits per heavy atom. The van der Waals surface area contributed by atoms with Crippen molar-refractivity contribution in [2.75, 3.05) is 6.54 Å². The largest absolute Gasteiger partial charge is 0.479 e. The van der Waals surface area contributed by atoms with Crippen LogP contribution in [0.25, 0.3) is 0 Å². The zero-order valence-electron chi connectivity index (χ0n) is 10.4. The van der Waals surface area contributed by atoms with E-state index in [1.807, 2.05) is 0 Å². The number of nitrogens with two attached hydrogens (primary N) is 1. The average molecular weight is 300 g/mol. The van der Waals surface area contributed by atoms with E-state index >= 15 is 0 Å². The lowest BCUT2D eigenvalue weighted by Gasteiger charge is -2.16. The van der Waals surface area contributed by atoms with Gasteiger partial charge in [-0.1, -0.05) is 29.8 Å². The fourth-order valence-corrected chi connectivity index (χ4v) is 1.71. The maximum absolute atomic E-state index is 11.5. The van der Waals surface area contributed by atoms with Crippen LogP contribution in [0, 0.1) is 0 Å². The number of carboxylic acid groups (broad SMARTS) is 1. The van der Waals surface area contributed by atoms with Gasteiger partial charge in [-0.25, -0.2) is 9.59 Å². The molecule has 3 amide bonds. The van der Waals surface area contributed by atoms with Crippen LogP contribution in [0.3, 0.4) is 0 Å². The van der Waals surface area contributed by atoms with Crippen molar-refractivity contribution in [2.45, 2.75) is 12.5 Å². The first-order valence-electron chi connectivity index (χ1n) is 5.71. The molecule has 20 heavy (non-hydrogen) atoms. The summed E-state index contributed by atoms with van der Waals surface area (Å²) in [6.45, 7) is 0.0238. The third kappa shape index (κ3) is 4.77. The molecule has 8 heteroatoms. The number of nitrogens with one attached hydrogen (secondary N) is 2. The molecule has 1 atom stereocenters. The van der Waals surface area contributed by atoms with Gasteiger partial charge in [-0.3, -0.25) is 4.79 Å². The molecule has 0 spiro atoms. The number of amides is 3. The molecule has 0 radical (unpaired) electrons. The van der Waals surface area contributed by atoms with Crippen molar-refractivity contribution < 1.29 is 19.5 Å². The Hall–Kier alpha value is -2.28. The van der Waals surface area contributed by atoms with Gasteiger partial charge in [-0.05, 0) is 6.07 Å². The summed E-state index contributed by atoms with van der Waals surface area (Å²) in [7, 11) is 0. The Labute approximate surface area is 120 Å². The number of hydrogen-bond donors (Lipinski definition) is 4. The van der Waals surface area contributed by atoms with Crippen LogP contribution in [0.15, 0.2) is 24.3 Å². The minimum atomic E-state index is -1.28. The smallest absolute Gasteiger partial charge is 0.331 e. The summed E-state index contributed by atoms with van der Waals surface area (Å²) in [5.74, 6) is -1.81. The molecular weight excluding hydrogens is 286 g/mol. The normalized spacial score (nSPS) is 11.4. The molecule has 0 bridgehead atoms. The third-order valence-electron chi connectivity index (χ3n) is 2.40. The van der Waals surface area contributed by atoms with Crippen molar-refractivity contribution >= 4 is 29.5 Å². The number of hydrogen-bond acceptors (Lipinski definition) is 3. The highest BCUT2D eigenvalue weighted by atomic mass is 35.5. The summed E-state index contributed by atoms with van der Waals surface area (Å²) in [5, 5.41) is 14.0. The van der Waals surface area contributed by atoms with Crippen molar-refractivity contribution in [3.63, 3.8) is 0 Å². The van der Waals surface area contributed by atoms with Gasteiger partial charge in [0.05, 0.1) is 0 Å². The minimum Gasteiger partial charge on any atom is -0.479 e. The number of benzene rings is 1. The monoisotopic (exact) mass is 299 g/mol. The van der Waals surface area contributed by atoms with Gasteiger partial charge in [0.1, 0.15) is 0 Å². The van der Waals surface area contributed by atoms with Crippen molar-refractivity contribution in [3.05, 3.63) is 34.9 Å². The molecule has 1 rings (SSSR count). The number of carbonyl (C=O) groups excluding carboxylic acids is 2. The summed E-state index contributed by atoms with van der Waals surface area (Å²) < 4.78 is 0. The minimum absolute atomic E-state index is 0.0238. The van der Waals surface area contributed by atoms with Crippen LogP contribution in [0.2, 0.25) is 5.02 Å². The van der Waals surface area contributed by atoms with E-state index in [0.717, 1.165) is 0 Å². The predicted octanol–water partition coefficient (Wildman–Crippen LogP) is 0.640. The standard InChI is InChI=1S/C12H14ClN3O4/c13-8-4-2-1-3-7(8)10(11(18)19)16-12(20)15-6-5-9(14)17/h1-4,10H,5-6H2,(H2,14,17)(H,18,19)(H2,15,16,20)/t10-/m1/s1. The lowest BCUT2D eigenvalue weighted by Crippen LogP contribution is -2.41. The SMILES string of the molecule is NC(=O)CCNC(=O)N[C@@H](C(=O)O)c1ccccc1Cl. The maximum atomic E-state index is 11.5. The Morgan fingerprint density at radius 2 is 1.95 bits per heavy atom. The van der Waals surface area contributed by atoms with E-state index in [1.54, 1.807) is 12.1 Å². The number of primary amides is 1. The topological polar surface area (TPSA) is 122 Å². The van der Waals surface area contributed by atoms with Gasteiger partial charge in [-0.2, -0.15) is 0 Å². The summed E-state index contributed by atoms with van der Waals surface area (Å²) in [6, 6.07) is 4.29. The molecule has 0 heterocycles. The van der Waals surface area contributed by atoms with E-state index in [9.17, 15) is 14.4 Å². The van der Waals surface area contributed by atoms with Crippen LogP contribution in [0.5, 0.6) is 0 Å². The van der Waals surface area contributed by atoms with Gasteiger partial charge < -0.3 is 21.5 Å². The summed E-state index contributed by atoms with van der Waals surface area (Å²) >= 11 is 5.90. The highest BCUT2D eigenvalue weighted by Gasteiger charge is 2.23. The number of halogens is 1. The number of aliphatic carboxylic acids is 1. The Morgan fingerprint density at radius 3 is 2.50 bits per heavy atom. The fourth-order valence-electron chi connectivity index (χ4n) is 1.46. The van der Waals surface area contributed by atoms with Crippen LogP contribution in [-0.4, -0.2) is 29.6 Å². The lowest BCUT2D eigenvalue weighted by atomic mass is 10.1. The molecule has 0 unspecified atom stereocenters. The van der Waals surface area contributed by atoms with E-state index in [-0.39, 0.29) is 23.6 Å². The zero-order chi connectivity index (χ0) is 15.1. The summed E-state index contributed by atoms with van der Waals surface area (Å²) in [6.07, 6.45) is -0.0305. The number of carboxylic acids is 1. The molecule has 0 aliphatic heterocycles. The van der Waals surface area contributed by atoms with Crippen molar-refractivity contribution in [1.29, 1.82) is 0 Å². The second-order valence-electron chi connectivity index (χ2n) is 3.91. The quantitative estimate of drug-likeness (QED) is 0.615. The molecule has 0 saturated heterocycles. The first kappa shape index (κ1) is 15.8. The average Bonchev–Trinajstić information content (AvgIpc) is 2.36. The molecular formula is C12H14ClN3O4. The van der Waals surface area contributed by atoms with Crippen LogP contribution in [0.1, 0.15) is 18.0 Å². The predicted molar refractivity (Wildman–Crippen MR) is 72.2 cm³/mol. The highest BCUT2D eigenvalue weighted by molar-refractivity contribution is 6.31. The third-order valence-corrected chi connectivity index (χ3v) is 2.74. The van der Waals surface area contributed by atoms with E-state index in [4.69, 9.17) is 22.4 Å². The number of urea groups is 1. The first-order valence-corrected chi connectivity index (χ1v) is 6.09. The second kappa shape index (κ2) is 7.34. The number of carbonyl (C=O) groups is 3. The molecule has 108 valence electrons. The van der Waals surface area contributed by atoms with Crippen LogP contribution >= 0.6 is 11.6 Å². The molecule has 0 aromatic heterocycles. The van der Waals surface area contributed by atoms with E-state index in [2.05, 4.69) is 10.6 Å². The highest BCUT2D eigenvalue weighted by Crippen LogP contribution is 2.22. The van der Waals surface area contributed by atoms with Crippen molar-refractivity contribution in [2.24, 2.45) is 5.73 Å². The lowest BCUT2D eigenvalue weighted by molar-refractivity contribution is -0.139. The fraction of sp³-hybridized carbons (Fsp3) is 0.250. The van der Waals surface area contributed by atoms with Crippen LogP contribution in [0.4, 0.5) is 4.79 Å². The van der Waals surface area contributed by atoms with Gasteiger partial charge in [0.2, 0.25) is 5.91 Å². The molecule has 0 aliphatic carbocycles. The Bertz CT molecular complexity index is 521. The molecule has 0 saturated carbocycles. The van der Waals surface area contributed by atoms with E-state index in [0.29, 0.717) is 0 Å². The second-order valence-corrected chi connectivity index (χ2v) is 4.32. The molecule has 5 N–H and O–H groups in total. The van der Waals surface area contributed by atoms with E-state index in [1.165, 1.54) is 12.1 Å². The van der Waals surface area contributed by atoms with Gasteiger partial charge in [0, 0.05) is 23.6 Å². The van der Waals surface area contributed by atoms with Crippen LogP contribution in [-0.2, 0) is 9.59 Å². The molecule has 1 aromatic carbocycles.